The summed E-state index contributed by atoms with van der Waals surface area (Å²) in [5.74, 6) is -1.42. The molecule has 2 aromatic rings. The molecule has 0 radical (unpaired) electrons. The Hall–Kier alpha value is -2.43. The third kappa shape index (κ3) is 2.72. The molecule has 0 saturated carbocycles. The van der Waals surface area contributed by atoms with E-state index in [-0.39, 0.29) is 23.0 Å². The van der Waals surface area contributed by atoms with Crippen molar-refractivity contribution in [3.8, 4) is 0 Å². The van der Waals surface area contributed by atoms with Crippen LogP contribution in [-0.2, 0) is 0 Å². The number of carboxylic acid groups (broad SMARTS) is 1. The lowest BCUT2D eigenvalue weighted by Gasteiger charge is -2.20. The van der Waals surface area contributed by atoms with Gasteiger partial charge in [0.15, 0.2) is 0 Å². The lowest BCUT2D eigenvalue weighted by atomic mass is 10.0. The van der Waals surface area contributed by atoms with Crippen molar-refractivity contribution in [3.63, 3.8) is 0 Å². The Labute approximate surface area is 121 Å². The largest absolute Gasteiger partial charge is 0.478 e. The number of aryl methyl sites for hydroxylation is 1. The molecule has 2 rings (SSSR count). The minimum Gasteiger partial charge on any atom is -0.478 e. The van der Waals surface area contributed by atoms with Crippen molar-refractivity contribution in [2.45, 2.75) is 26.8 Å². The van der Waals surface area contributed by atoms with E-state index in [1.807, 2.05) is 0 Å². The number of aromatic nitrogens is 1. The number of nitrogens with zero attached hydrogens (tertiary/aromatic N) is 1. The second-order valence-corrected chi connectivity index (χ2v) is 5.03. The van der Waals surface area contributed by atoms with Crippen LogP contribution in [0.5, 0.6) is 0 Å². The van der Waals surface area contributed by atoms with Gasteiger partial charge < -0.3 is 9.67 Å². The van der Waals surface area contributed by atoms with E-state index >= 15 is 0 Å². The molecule has 1 N–H and O–H groups in total. The fourth-order valence-corrected chi connectivity index (χ4v) is 2.59. The van der Waals surface area contributed by atoms with E-state index in [0.717, 1.165) is 5.56 Å². The van der Waals surface area contributed by atoms with Crippen molar-refractivity contribution in [2.75, 3.05) is 0 Å². The molecular formula is C16H16FNO3. The molecule has 0 aliphatic rings. The fraction of sp³-hybridized carbons (Fsp3) is 0.250. The van der Waals surface area contributed by atoms with Gasteiger partial charge in [0.25, 0.3) is 5.56 Å². The number of carbonyl (C=O) groups is 1. The predicted octanol–water partition coefficient (Wildman–Crippen LogP) is 2.91. The average molecular weight is 289 g/mol. The summed E-state index contributed by atoms with van der Waals surface area (Å²) in [6, 6.07) is 6.75. The summed E-state index contributed by atoms with van der Waals surface area (Å²) >= 11 is 0. The number of rotatable bonds is 3. The van der Waals surface area contributed by atoms with Gasteiger partial charge in [0, 0.05) is 11.8 Å². The minimum atomic E-state index is -1.06. The summed E-state index contributed by atoms with van der Waals surface area (Å²) in [6.45, 7) is 4.99. The van der Waals surface area contributed by atoms with E-state index < -0.39 is 5.97 Å². The van der Waals surface area contributed by atoms with Gasteiger partial charge in [-0.25, -0.2) is 9.18 Å². The van der Waals surface area contributed by atoms with Crippen LogP contribution in [0.15, 0.2) is 35.1 Å². The lowest BCUT2D eigenvalue weighted by molar-refractivity contribution is 0.0694. The smallest absolute Gasteiger partial charge is 0.337 e. The number of pyridine rings is 1. The fourth-order valence-electron chi connectivity index (χ4n) is 2.59. The first kappa shape index (κ1) is 15.0. The molecule has 4 nitrogen and oxygen atoms in total. The van der Waals surface area contributed by atoms with Crippen molar-refractivity contribution < 1.29 is 14.3 Å². The topological polar surface area (TPSA) is 59.3 Å². The first-order valence-corrected chi connectivity index (χ1v) is 6.54. The highest BCUT2D eigenvalue weighted by Gasteiger charge is 2.19. The summed E-state index contributed by atoms with van der Waals surface area (Å²) in [6.07, 6.45) is 0. The van der Waals surface area contributed by atoms with Gasteiger partial charge in [0.05, 0.1) is 11.6 Å². The second-order valence-electron chi connectivity index (χ2n) is 5.03. The number of hydrogen-bond donors (Lipinski definition) is 1. The van der Waals surface area contributed by atoms with Crippen molar-refractivity contribution in [2.24, 2.45) is 0 Å². The van der Waals surface area contributed by atoms with Crippen molar-refractivity contribution in [1.29, 1.82) is 0 Å². The molecule has 110 valence electrons. The predicted molar refractivity (Wildman–Crippen MR) is 77.3 cm³/mol. The summed E-state index contributed by atoms with van der Waals surface area (Å²) in [4.78, 5) is 23.6. The number of halogens is 1. The van der Waals surface area contributed by atoms with Crippen LogP contribution in [0.25, 0.3) is 0 Å². The number of benzene rings is 1. The summed E-state index contributed by atoms with van der Waals surface area (Å²) < 4.78 is 14.4. The van der Waals surface area contributed by atoms with Gasteiger partial charge in [-0.1, -0.05) is 12.1 Å². The Balaban J connectivity index is 2.63. The Bertz CT molecular complexity index is 747. The zero-order valence-corrected chi connectivity index (χ0v) is 12.1. The number of hydrogen-bond acceptors (Lipinski definition) is 2. The van der Waals surface area contributed by atoms with Crippen LogP contribution in [-0.4, -0.2) is 15.6 Å². The molecule has 0 aliphatic heterocycles. The van der Waals surface area contributed by atoms with Gasteiger partial charge in [-0.2, -0.15) is 0 Å². The molecule has 0 bridgehead atoms. The maximum atomic E-state index is 13.0. The average Bonchev–Trinajstić information content (AvgIpc) is 2.38. The highest BCUT2D eigenvalue weighted by Crippen LogP contribution is 2.21. The monoisotopic (exact) mass is 289 g/mol. The Morgan fingerprint density at radius 1 is 1.24 bits per heavy atom. The normalized spacial score (nSPS) is 12.2. The van der Waals surface area contributed by atoms with Crippen LogP contribution in [0.1, 0.15) is 40.1 Å². The highest BCUT2D eigenvalue weighted by molar-refractivity contribution is 5.90. The van der Waals surface area contributed by atoms with Gasteiger partial charge in [0.2, 0.25) is 0 Å². The van der Waals surface area contributed by atoms with Gasteiger partial charge in [-0.3, -0.25) is 4.79 Å². The van der Waals surface area contributed by atoms with Gasteiger partial charge in [-0.15, -0.1) is 0 Å². The third-order valence-corrected chi connectivity index (χ3v) is 3.65. The summed E-state index contributed by atoms with van der Waals surface area (Å²) in [7, 11) is 0. The Kier molecular flexibility index (Phi) is 3.93. The minimum absolute atomic E-state index is 0.128. The molecular weight excluding hydrogens is 273 g/mol. The SMILES string of the molecule is Cc1cc(=O)n(C(C)c2ccc(F)cc2)c(C)c1C(=O)O. The molecule has 0 aliphatic carbocycles. The molecule has 21 heavy (non-hydrogen) atoms. The number of carboxylic acids is 1. The van der Waals surface area contributed by atoms with E-state index in [9.17, 15) is 19.1 Å². The highest BCUT2D eigenvalue weighted by atomic mass is 19.1. The van der Waals surface area contributed by atoms with Crippen molar-refractivity contribution in [1.82, 2.24) is 4.57 Å². The zero-order chi connectivity index (χ0) is 15.7. The van der Waals surface area contributed by atoms with Crippen LogP contribution in [0.3, 0.4) is 0 Å². The van der Waals surface area contributed by atoms with E-state index in [1.165, 1.54) is 22.8 Å². The maximum Gasteiger partial charge on any atom is 0.337 e. The van der Waals surface area contributed by atoms with Gasteiger partial charge >= 0.3 is 5.97 Å². The zero-order valence-electron chi connectivity index (χ0n) is 12.1. The van der Waals surface area contributed by atoms with E-state index in [2.05, 4.69) is 0 Å². The third-order valence-electron chi connectivity index (χ3n) is 3.65. The van der Waals surface area contributed by atoms with E-state index in [4.69, 9.17) is 0 Å². The molecule has 1 atom stereocenters. The van der Waals surface area contributed by atoms with E-state index in [1.54, 1.807) is 32.9 Å². The first-order chi connectivity index (χ1) is 9.82. The second kappa shape index (κ2) is 5.52. The van der Waals surface area contributed by atoms with Crippen LogP contribution in [0, 0.1) is 19.7 Å². The summed E-state index contributed by atoms with van der Waals surface area (Å²) in [5, 5.41) is 9.29. The van der Waals surface area contributed by atoms with Crippen LogP contribution >= 0.6 is 0 Å². The molecule has 0 spiro atoms. The number of aromatic carboxylic acids is 1. The van der Waals surface area contributed by atoms with Crippen molar-refractivity contribution in [3.05, 3.63) is 68.9 Å². The van der Waals surface area contributed by atoms with Crippen LogP contribution < -0.4 is 5.56 Å². The molecule has 1 aromatic heterocycles. The van der Waals surface area contributed by atoms with Gasteiger partial charge in [-0.05, 0) is 44.0 Å². The van der Waals surface area contributed by atoms with Crippen LogP contribution in [0.2, 0.25) is 0 Å². The molecule has 1 aromatic carbocycles. The molecule has 1 heterocycles. The molecule has 0 fully saturated rings. The van der Waals surface area contributed by atoms with Crippen LogP contribution in [0.4, 0.5) is 4.39 Å². The quantitative estimate of drug-likeness (QED) is 0.945. The Morgan fingerprint density at radius 3 is 2.33 bits per heavy atom. The standard InChI is InChI=1S/C16H16FNO3/c1-9-8-14(19)18(11(3)15(9)16(20)21)10(2)12-4-6-13(17)7-5-12/h4-8,10H,1-3H3,(H,20,21). The first-order valence-electron chi connectivity index (χ1n) is 6.54. The molecule has 1 unspecified atom stereocenters. The van der Waals surface area contributed by atoms with Crippen molar-refractivity contribution >= 4 is 5.97 Å². The lowest BCUT2D eigenvalue weighted by Crippen LogP contribution is -2.28. The Morgan fingerprint density at radius 2 is 1.81 bits per heavy atom. The summed E-state index contributed by atoms with van der Waals surface area (Å²) in [5.41, 5.74) is 1.43. The van der Waals surface area contributed by atoms with Gasteiger partial charge in [0.1, 0.15) is 5.82 Å². The maximum absolute atomic E-state index is 13.0. The molecule has 0 saturated heterocycles. The molecule has 5 heteroatoms. The molecule has 0 amide bonds. The van der Waals surface area contributed by atoms with E-state index in [0.29, 0.717) is 11.3 Å².